The van der Waals surface area contributed by atoms with Crippen molar-refractivity contribution in [3.05, 3.63) is 95.6 Å². The first-order chi connectivity index (χ1) is 18.7. The third-order valence-electron chi connectivity index (χ3n) is 6.79. The summed E-state index contributed by atoms with van der Waals surface area (Å²) in [6.45, 7) is 1.92. The number of aliphatic hydroxyl groups excluding tert-OH is 1. The van der Waals surface area contributed by atoms with Crippen LogP contribution in [0.15, 0.2) is 78.9 Å². The second-order valence-electron chi connectivity index (χ2n) is 9.77. The average Bonchev–Trinajstić information content (AvgIpc) is 3.24. The minimum Gasteiger partial charge on any atom is -0.480 e. The number of rotatable bonds is 11. The van der Waals surface area contributed by atoms with Crippen molar-refractivity contribution in [1.29, 1.82) is 0 Å². The minimum absolute atomic E-state index is 0.0689. The molecular formula is C30H33N3O6. The second kappa shape index (κ2) is 12.6. The molecule has 4 N–H and O–H groups in total. The number of carbonyl (C=O) groups is 3. The van der Waals surface area contributed by atoms with Gasteiger partial charge < -0.3 is 25.6 Å². The molecule has 0 aromatic heterocycles. The molecule has 0 saturated heterocycles. The summed E-state index contributed by atoms with van der Waals surface area (Å²) in [7, 11) is 1.79. The first-order valence-electron chi connectivity index (χ1n) is 12.8. The number of alkyl carbamates (subject to hydrolysis) is 1. The van der Waals surface area contributed by atoms with Gasteiger partial charge >= 0.3 is 12.1 Å². The Bertz CT molecular complexity index is 1270. The number of carboxylic acids is 1. The molecule has 0 bridgehead atoms. The molecule has 3 unspecified atom stereocenters. The number of hydrogen-bond donors (Lipinski definition) is 4. The predicted octanol–water partition coefficient (Wildman–Crippen LogP) is 2.98. The number of nitrogens with one attached hydrogen (secondary N) is 2. The highest BCUT2D eigenvalue weighted by molar-refractivity contribution is 5.89. The molecule has 204 valence electrons. The highest BCUT2D eigenvalue weighted by Crippen LogP contribution is 2.44. The molecule has 0 heterocycles. The van der Waals surface area contributed by atoms with E-state index < -0.39 is 36.2 Å². The summed E-state index contributed by atoms with van der Waals surface area (Å²) in [5, 5.41) is 24.1. The number of carboxylic acid groups (broad SMARTS) is 1. The van der Waals surface area contributed by atoms with Gasteiger partial charge in [-0.1, -0.05) is 78.9 Å². The van der Waals surface area contributed by atoms with Gasteiger partial charge in [0.15, 0.2) is 6.04 Å². The van der Waals surface area contributed by atoms with Crippen molar-refractivity contribution in [2.24, 2.45) is 0 Å². The number of aliphatic hydroxyl groups is 1. The fourth-order valence-corrected chi connectivity index (χ4v) is 4.89. The summed E-state index contributed by atoms with van der Waals surface area (Å²) in [4.78, 5) is 39.4. The number of aliphatic carboxylic acids is 1. The summed E-state index contributed by atoms with van der Waals surface area (Å²) in [5.41, 5.74) is 5.32. The van der Waals surface area contributed by atoms with Crippen molar-refractivity contribution in [2.45, 2.75) is 37.6 Å². The molecule has 3 aromatic carbocycles. The monoisotopic (exact) mass is 531 g/mol. The van der Waals surface area contributed by atoms with Gasteiger partial charge in [-0.3, -0.25) is 9.69 Å². The SMILES string of the molecule is CC(O)C(NC(=O)C(CN(C)Cc1ccccc1)NC(=O)OCC1c2ccccc2-c2ccccc21)C(=O)O. The Hall–Kier alpha value is -4.21. The van der Waals surface area contributed by atoms with Gasteiger partial charge in [0.25, 0.3) is 0 Å². The first kappa shape index (κ1) is 27.8. The quantitative estimate of drug-likeness (QED) is 0.300. The Morgan fingerprint density at radius 3 is 2.03 bits per heavy atom. The van der Waals surface area contributed by atoms with Crippen LogP contribution in [0.4, 0.5) is 4.79 Å². The van der Waals surface area contributed by atoms with Crippen molar-refractivity contribution in [3.8, 4) is 11.1 Å². The summed E-state index contributed by atoms with van der Waals surface area (Å²) in [5.74, 6) is -2.27. The Kier molecular flexibility index (Phi) is 8.96. The number of carbonyl (C=O) groups excluding carboxylic acids is 2. The van der Waals surface area contributed by atoms with Gasteiger partial charge in [0.2, 0.25) is 5.91 Å². The van der Waals surface area contributed by atoms with Crippen molar-refractivity contribution in [3.63, 3.8) is 0 Å². The van der Waals surface area contributed by atoms with Gasteiger partial charge in [0.1, 0.15) is 12.6 Å². The fourth-order valence-electron chi connectivity index (χ4n) is 4.89. The maximum Gasteiger partial charge on any atom is 0.407 e. The van der Waals surface area contributed by atoms with E-state index in [1.54, 1.807) is 7.05 Å². The lowest BCUT2D eigenvalue weighted by molar-refractivity contribution is -0.145. The van der Waals surface area contributed by atoms with E-state index in [0.717, 1.165) is 27.8 Å². The van der Waals surface area contributed by atoms with E-state index in [1.807, 2.05) is 83.8 Å². The zero-order valence-electron chi connectivity index (χ0n) is 21.9. The first-order valence-corrected chi connectivity index (χ1v) is 12.8. The number of nitrogens with zero attached hydrogens (tertiary/aromatic N) is 1. The van der Waals surface area contributed by atoms with E-state index in [4.69, 9.17) is 4.74 Å². The Balaban J connectivity index is 1.45. The van der Waals surface area contributed by atoms with Crippen molar-refractivity contribution in [2.75, 3.05) is 20.2 Å². The number of likely N-dealkylation sites (N-methyl/N-ethyl adjacent to an activating group) is 1. The fraction of sp³-hybridized carbons (Fsp3) is 0.300. The summed E-state index contributed by atoms with van der Waals surface area (Å²) in [6, 6.07) is 22.9. The lowest BCUT2D eigenvalue weighted by atomic mass is 9.98. The van der Waals surface area contributed by atoms with E-state index in [9.17, 15) is 24.6 Å². The Morgan fingerprint density at radius 1 is 0.897 bits per heavy atom. The van der Waals surface area contributed by atoms with Crippen LogP contribution in [0.1, 0.15) is 29.5 Å². The highest BCUT2D eigenvalue weighted by Gasteiger charge is 2.32. The standard InChI is InChI=1S/C30H33N3O6/c1-19(34)27(29(36)37)32-28(35)26(17-33(2)16-20-10-4-3-5-11-20)31-30(38)39-18-25-23-14-8-6-12-21(23)22-13-7-9-15-24(22)25/h3-15,19,25-27,34H,16-18H2,1-2H3,(H,31,38)(H,32,35)(H,36,37). The molecule has 0 saturated carbocycles. The average molecular weight is 532 g/mol. The maximum atomic E-state index is 13.1. The van der Waals surface area contributed by atoms with Gasteiger partial charge in [0.05, 0.1) is 6.10 Å². The molecule has 9 heteroatoms. The largest absolute Gasteiger partial charge is 0.480 e. The number of amides is 2. The second-order valence-corrected chi connectivity index (χ2v) is 9.77. The third-order valence-corrected chi connectivity index (χ3v) is 6.79. The smallest absolute Gasteiger partial charge is 0.407 e. The number of hydrogen-bond acceptors (Lipinski definition) is 6. The summed E-state index contributed by atoms with van der Waals surface area (Å²) < 4.78 is 5.61. The van der Waals surface area contributed by atoms with E-state index in [2.05, 4.69) is 10.6 Å². The highest BCUT2D eigenvalue weighted by atomic mass is 16.5. The van der Waals surface area contributed by atoms with Crippen molar-refractivity contribution in [1.82, 2.24) is 15.5 Å². The molecule has 3 aromatic rings. The number of fused-ring (bicyclic) bond motifs is 3. The Labute approximate surface area is 227 Å². The summed E-state index contributed by atoms with van der Waals surface area (Å²) >= 11 is 0. The van der Waals surface area contributed by atoms with Crippen LogP contribution in [-0.2, 0) is 20.9 Å². The lowest BCUT2D eigenvalue weighted by Crippen LogP contribution is -2.57. The third kappa shape index (κ3) is 6.81. The van der Waals surface area contributed by atoms with Gasteiger partial charge in [-0.2, -0.15) is 0 Å². The van der Waals surface area contributed by atoms with Gasteiger partial charge in [-0.05, 0) is 41.8 Å². The molecule has 1 aliphatic rings. The normalized spacial score (nSPS) is 14.6. The van der Waals surface area contributed by atoms with E-state index in [1.165, 1.54) is 6.92 Å². The Morgan fingerprint density at radius 2 is 1.46 bits per heavy atom. The van der Waals surface area contributed by atoms with Crippen LogP contribution in [0.5, 0.6) is 0 Å². The van der Waals surface area contributed by atoms with Crippen LogP contribution in [0.2, 0.25) is 0 Å². The van der Waals surface area contributed by atoms with Gasteiger partial charge in [0, 0.05) is 19.0 Å². The molecule has 0 radical (unpaired) electrons. The van der Waals surface area contributed by atoms with Crippen LogP contribution in [-0.4, -0.2) is 71.5 Å². The zero-order valence-corrected chi connectivity index (χ0v) is 21.9. The lowest BCUT2D eigenvalue weighted by Gasteiger charge is -2.26. The molecule has 9 nitrogen and oxygen atoms in total. The predicted molar refractivity (Wildman–Crippen MR) is 146 cm³/mol. The molecule has 4 rings (SSSR count). The number of ether oxygens (including phenoxy) is 1. The minimum atomic E-state index is -1.52. The van der Waals surface area contributed by atoms with Crippen LogP contribution in [0.3, 0.4) is 0 Å². The van der Waals surface area contributed by atoms with Crippen LogP contribution in [0.25, 0.3) is 11.1 Å². The maximum absolute atomic E-state index is 13.1. The van der Waals surface area contributed by atoms with Gasteiger partial charge in [-0.15, -0.1) is 0 Å². The summed E-state index contributed by atoms with van der Waals surface area (Å²) in [6.07, 6.45) is -2.13. The molecule has 3 atom stereocenters. The molecule has 39 heavy (non-hydrogen) atoms. The van der Waals surface area contributed by atoms with Crippen molar-refractivity contribution < 1.29 is 29.3 Å². The number of benzene rings is 3. The molecule has 0 spiro atoms. The van der Waals surface area contributed by atoms with E-state index >= 15 is 0 Å². The molecule has 1 aliphatic carbocycles. The molecule has 0 fully saturated rings. The molecule has 2 amide bonds. The van der Waals surface area contributed by atoms with Crippen LogP contribution < -0.4 is 10.6 Å². The van der Waals surface area contributed by atoms with E-state index in [-0.39, 0.29) is 19.1 Å². The van der Waals surface area contributed by atoms with Crippen molar-refractivity contribution >= 4 is 18.0 Å². The van der Waals surface area contributed by atoms with Crippen LogP contribution >= 0.6 is 0 Å². The van der Waals surface area contributed by atoms with Crippen LogP contribution in [0, 0.1) is 0 Å². The molecular weight excluding hydrogens is 498 g/mol. The molecule has 0 aliphatic heterocycles. The van der Waals surface area contributed by atoms with Gasteiger partial charge in [-0.25, -0.2) is 9.59 Å². The topological polar surface area (TPSA) is 128 Å². The van der Waals surface area contributed by atoms with E-state index in [0.29, 0.717) is 6.54 Å². The zero-order chi connectivity index (χ0) is 27.9.